The number of nitrogens with zero attached hydrogens (tertiary/aromatic N) is 1. The minimum atomic E-state index is -3.79. The summed E-state index contributed by atoms with van der Waals surface area (Å²) in [6.45, 7) is -0.111. The van der Waals surface area contributed by atoms with E-state index < -0.39 is 39.4 Å². The lowest BCUT2D eigenvalue weighted by atomic mass is 10.0. The summed E-state index contributed by atoms with van der Waals surface area (Å²) in [5, 5.41) is 12.4. The van der Waals surface area contributed by atoms with Crippen LogP contribution in [0.25, 0.3) is 0 Å². The summed E-state index contributed by atoms with van der Waals surface area (Å²) in [6.07, 6.45) is -1.22. The molecule has 1 aliphatic heterocycles. The molecule has 0 aromatic heterocycles. The van der Waals surface area contributed by atoms with Crippen LogP contribution < -0.4 is 5.32 Å². The van der Waals surface area contributed by atoms with Gasteiger partial charge >= 0.3 is 0 Å². The van der Waals surface area contributed by atoms with E-state index in [1.54, 1.807) is 0 Å². The van der Waals surface area contributed by atoms with E-state index in [2.05, 4.69) is 5.32 Å². The highest BCUT2D eigenvalue weighted by Gasteiger charge is 2.38. The summed E-state index contributed by atoms with van der Waals surface area (Å²) in [6, 6.07) is 3.36. The van der Waals surface area contributed by atoms with Crippen molar-refractivity contribution in [1.82, 2.24) is 9.62 Å². The molecule has 1 saturated heterocycles. The number of aliphatic hydroxyl groups is 1. The number of carbonyl (C=O) groups excluding carboxylic acids is 1. The topological polar surface area (TPSA) is 86.7 Å². The van der Waals surface area contributed by atoms with Crippen molar-refractivity contribution >= 4 is 15.9 Å². The van der Waals surface area contributed by atoms with Crippen LogP contribution in [0, 0.1) is 17.6 Å². The van der Waals surface area contributed by atoms with E-state index in [4.69, 9.17) is 0 Å². The molecule has 0 radical (unpaired) electrons. The summed E-state index contributed by atoms with van der Waals surface area (Å²) in [7, 11) is -2.33. The maximum absolute atomic E-state index is 13.6. The van der Waals surface area contributed by atoms with Gasteiger partial charge in [-0.1, -0.05) is 6.07 Å². The number of hydrogen-bond donors (Lipinski definition) is 2. The molecule has 1 aromatic rings. The molecule has 9 heteroatoms. The minimum absolute atomic E-state index is 0.0106. The average Bonchev–Trinajstić information content (AvgIpc) is 2.88. The van der Waals surface area contributed by atoms with E-state index in [9.17, 15) is 27.1 Å². The summed E-state index contributed by atoms with van der Waals surface area (Å²) >= 11 is 0. The smallest absolute Gasteiger partial charge is 0.220 e. The van der Waals surface area contributed by atoms with Gasteiger partial charge in [-0.2, -0.15) is 4.31 Å². The van der Waals surface area contributed by atoms with Crippen LogP contribution >= 0.6 is 0 Å². The Labute approximate surface area is 139 Å². The normalized spacial score (nSPS) is 21.8. The van der Waals surface area contributed by atoms with Gasteiger partial charge in [-0.3, -0.25) is 4.79 Å². The molecular weight excluding hydrogens is 342 g/mol. The number of carbonyl (C=O) groups is 1. The van der Waals surface area contributed by atoms with Gasteiger partial charge in [0.2, 0.25) is 15.9 Å². The zero-order valence-electron chi connectivity index (χ0n) is 13.2. The van der Waals surface area contributed by atoms with Crippen LogP contribution in [0.5, 0.6) is 0 Å². The fraction of sp³-hybridized carbons (Fsp3) is 0.533. The van der Waals surface area contributed by atoms with E-state index >= 15 is 0 Å². The molecule has 0 spiro atoms. The lowest BCUT2D eigenvalue weighted by Gasteiger charge is -2.16. The van der Waals surface area contributed by atoms with Gasteiger partial charge in [0.1, 0.15) is 11.6 Å². The van der Waals surface area contributed by atoms with Crippen molar-refractivity contribution in [1.29, 1.82) is 0 Å². The highest BCUT2D eigenvalue weighted by Crippen LogP contribution is 2.24. The second-order valence-electron chi connectivity index (χ2n) is 5.79. The fourth-order valence-corrected chi connectivity index (χ4v) is 4.23. The van der Waals surface area contributed by atoms with Crippen LogP contribution in [-0.4, -0.2) is 55.7 Å². The molecule has 0 aliphatic carbocycles. The van der Waals surface area contributed by atoms with Crippen molar-refractivity contribution < 1.29 is 27.1 Å². The lowest BCUT2D eigenvalue weighted by molar-refractivity contribution is -0.122. The predicted molar refractivity (Wildman–Crippen MR) is 83.6 cm³/mol. The summed E-state index contributed by atoms with van der Waals surface area (Å²) < 4.78 is 52.9. The molecule has 1 amide bonds. The quantitative estimate of drug-likeness (QED) is 0.760. The molecule has 1 heterocycles. The number of nitrogens with one attached hydrogen (secondary N) is 1. The summed E-state index contributed by atoms with van der Waals surface area (Å²) in [5.74, 6) is -2.82. The largest absolute Gasteiger partial charge is 0.391 e. The molecule has 1 fully saturated rings. The number of amides is 1. The summed E-state index contributed by atoms with van der Waals surface area (Å²) in [4.78, 5) is 11.4. The molecule has 2 rings (SSSR count). The Hall–Kier alpha value is -1.58. The van der Waals surface area contributed by atoms with Crippen LogP contribution in [0.3, 0.4) is 0 Å². The first kappa shape index (κ1) is 18.8. The zero-order chi connectivity index (χ0) is 17.9. The highest BCUT2D eigenvalue weighted by molar-refractivity contribution is 7.89. The Morgan fingerprint density at radius 3 is 2.54 bits per heavy atom. The maximum Gasteiger partial charge on any atom is 0.220 e. The summed E-state index contributed by atoms with van der Waals surface area (Å²) in [5.41, 5.74) is -0.275. The van der Waals surface area contributed by atoms with Crippen LogP contribution in [0.1, 0.15) is 12.0 Å². The number of rotatable bonds is 6. The molecule has 2 N–H and O–H groups in total. The molecule has 0 unspecified atom stereocenters. The van der Waals surface area contributed by atoms with Gasteiger partial charge in [0.05, 0.1) is 11.9 Å². The second kappa shape index (κ2) is 7.54. The number of halogens is 2. The molecule has 6 nitrogen and oxygen atoms in total. The first-order valence-electron chi connectivity index (χ1n) is 7.54. The Kier molecular flexibility index (Phi) is 5.89. The number of β-amino-alcohol motifs (C(OH)–C–C–N with tert-alkyl or cyclic N) is 1. The Morgan fingerprint density at radius 1 is 1.33 bits per heavy atom. The first-order valence-corrected chi connectivity index (χ1v) is 9.15. The lowest BCUT2D eigenvalue weighted by Crippen LogP contribution is -2.32. The van der Waals surface area contributed by atoms with Gasteiger partial charge in [-0.15, -0.1) is 0 Å². The Balaban J connectivity index is 2.02. The van der Waals surface area contributed by atoms with Gasteiger partial charge in [0.15, 0.2) is 0 Å². The minimum Gasteiger partial charge on any atom is -0.391 e. The molecular formula is C15H20F2N2O4S. The van der Waals surface area contributed by atoms with Gasteiger partial charge in [-0.05, 0) is 18.6 Å². The molecule has 2 atom stereocenters. The Morgan fingerprint density at radius 2 is 1.96 bits per heavy atom. The van der Waals surface area contributed by atoms with Crippen molar-refractivity contribution in [3.05, 3.63) is 35.4 Å². The monoisotopic (exact) mass is 362 g/mol. The molecule has 0 saturated carbocycles. The molecule has 0 bridgehead atoms. The van der Waals surface area contributed by atoms with Gasteiger partial charge in [0.25, 0.3) is 0 Å². The van der Waals surface area contributed by atoms with Gasteiger partial charge < -0.3 is 10.4 Å². The van der Waals surface area contributed by atoms with Crippen molar-refractivity contribution in [3.63, 3.8) is 0 Å². The van der Waals surface area contributed by atoms with Crippen molar-refractivity contribution in [3.8, 4) is 0 Å². The standard InChI is InChI=1S/C15H20F2N2O4S/c1-18-15(21)7-10-8-19(9-14(10)20)24(22,23)6-5-11-12(16)3-2-4-13(11)17/h2-4,10,14,20H,5-9H2,1H3,(H,18,21)/t10-,14-/m1/s1. The SMILES string of the molecule is CNC(=O)C[C@@H]1CN(S(=O)(=O)CCc2c(F)cccc2F)C[C@H]1O. The van der Waals surface area contributed by atoms with E-state index in [0.29, 0.717) is 0 Å². The van der Waals surface area contributed by atoms with Crippen LogP contribution in [0.15, 0.2) is 18.2 Å². The van der Waals surface area contributed by atoms with E-state index in [1.165, 1.54) is 13.1 Å². The van der Waals surface area contributed by atoms with E-state index in [-0.39, 0.29) is 37.4 Å². The predicted octanol–water partition coefficient (Wildman–Crippen LogP) is 0.266. The first-order chi connectivity index (χ1) is 11.2. The van der Waals surface area contributed by atoms with Crippen LogP contribution in [0.2, 0.25) is 0 Å². The third-order valence-corrected chi connectivity index (χ3v) is 5.97. The fourth-order valence-electron chi connectivity index (χ4n) is 2.71. The number of benzene rings is 1. The Bertz CT molecular complexity index is 691. The molecule has 1 aliphatic rings. The second-order valence-corrected chi connectivity index (χ2v) is 7.88. The third-order valence-electron chi connectivity index (χ3n) is 4.16. The number of sulfonamides is 1. The van der Waals surface area contributed by atoms with Crippen LogP contribution in [0.4, 0.5) is 8.78 Å². The van der Waals surface area contributed by atoms with Gasteiger partial charge in [-0.25, -0.2) is 17.2 Å². The van der Waals surface area contributed by atoms with E-state index in [0.717, 1.165) is 16.4 Å². The number of hydrogen-bond acceptors (Lipinski definition) is 4. The maximum atomic E-state index is 13.6. The van der Waals surface area contributed by atoms with Crippen LogP contribution in [-0.2, 0) is 21.2 Å². The van der Waals surface area contributed by atoms with Gasteiger partial charge in [0, 0.05) is 38.0 Å². The van der Waals surface area contributed by atoms with Crippen molar-refractivity contribution in [2.75, 3.05) is 25.9 Å². The average molecular weight is 362 g/mol. The number of aliphatic hydroxyl groups excluding tert-OH is 1. The molecule has 134 valence electrons. The third kappa shape index (κ3) is 4.28. The van der Waals surface area contributed by atoms with E-state index in [1.807, 2.05) is 0 Å². The highest BCUT2D eigenvalue weighted by atomic mass is 32.2. The molecule has 24 heavy (non-hydrogen) atoms. The van der Waals surface area contributed by atoms with Crippen molar-refractivity contribution in [2.45, 2.75) is 18.9 Å². The molecule has 1 aromatic carbocycles. The van der Waals surface area contributed by atoms with Crippen molar-refractivity contribution in [2.24, 2.45) is 5.92 Å². The zero-order valence-corrected chi connectivity index (χ0v) is 14.0.